The first-order valence-electron chi connectivity index (χ1n) is 8.71. The Kier molecular flexibility index (Phi) is 4.78. The SMILES string of the molecule is Cc1occc1-c1nnc(CCC(=O)NCCc2ccc3c(c2)OCO3)o1. The van der Waals surface area contributed by atoms with Gasteiger partial charge < -0.3 is 23.6 Å². The molecular formula is C19H19N3O5. The normalized spacial score (nSPS) is 12.3. The highest BCUT2D eigenvalue weighted by Crippen LogP contribution is 2.32. The lowest BCUT2D eigenvalue weighted by molar-refractivity contribution is -0.121. The van der Waals surface area contributed by atoms with Gasteiger partial charge in [0.05, 0.1) is 11.8 Å². The van der Waals surface area contributed by atoms with Crippen LogP contribution in [0, 0.1) is 6.92 Å². The van der Waals surface area contributed by atoms with Gasteiger partial charge in [0.2, 0.25) is 18.6 Å². The predicted octanol–water partition coefficient (Wildman–Crippen LogP) is 2.66. The number of rotatable bonds is 7. The Morgan fingerprint density at radius 2 is 2.04 bits per heavy atom. The first-order chi connectivity index (χ1) is 13.2. The molecule has 27 heavy (non-hydrogen) atoms. The number of fused-ring (bicyclic) bond motifs is 1. The van der Waals surface area contributed by atoms with E-state index in [1.165, 1.54) is 0 Å². The number of carbonyl (C=O) groups excluding carboxylic acids is 1. The van der Waals surface area contributed by atoms with Gasteiger partial charge >= 0.3 is 0 Å². The lowest BCUT2D eigenvalue weighted by Gasteiger charge is -2.05. The van der Waals surface area contributed by atoms with Crippen LogP contribution in [0.5, 0.6) is 11.5 Å². The van der Waals surface area contributed by atoms with E-state index in [9.17, 15) is 4.79 Å². The maximum Gasteiger partial charge on any atom is 0.251 e. The molecule has 8 heteroatoms. The van der Waals surface area contributed by atoms with E-state index in [0.717, 1.165) is 22.6 Å². The van der Waals surface area contributed by atoms with Crippen molar-refractivity contribution in [2.75, 3.05) is 13.3 Å². The Balaban J connectivity index is 1.22. The van der Waals surface area contributed by atoms with Crippen molar-refractivity contribution in [3.05, 3.63) is 47.7 Å². The minimum atomic E-state index is -0.0602. The number of hydrogen-bond acceptors (Lipinski definition) is 7. The average molecular weight is 369 g/mol. The molecule has 1 aromatic carbocycles. The number of carbonyl (C=O) groups is 1. The second-order valence-corrected chi connectivity index (χ2v) is 6.18. The van der Waals surface area contributed by atoms with Gasteiger partial charge in [-0.15, -0.1) is 10.2 Å². The van der Waals surface area contributed by atoms with E-state index in [1.54, 1.807) is 12.3 Å². The quantitative estimate of drug-likeness (QED) is 0.683. The molecule has 2 aromatic heterocycles. The zero-order valence-electron chi connectivity index (χ0n) is 14.9. The van der Waals surface area contributed by atoms with Gasteiger partial charge in [0, 0.05) is 19.4 Å². The molecule has 3 aromatic rings. The molecule has 0 aliphatic carbocycles. The average Bonchev–Trinajstić information content (AvgIpc) is 3.40. The summed E-state index contributed by atoms with van der Waals surface area (Å²) in [6, 6.07) is 7.56. The number of aromatic nitrogens is 2. The Morgan fingerprint density at radius 1 is 1.15 bits per heavy atom. The maximum atomic E-state index is 12.0. The van der Waals surface area contributed by atoms with Crippen molar-refractivity contribution < 1.29 is 23.1 Å². The number of nitrogens with zero attached hydrogens (tertiary/aromatic N) is 2. The molecule has 140 valence electrons. The molecule has 0 unspecified atom stereocenters. The monoisotopic (exact) mass is 369 g/mol. The van der Waals surface area contributed by atoms with Gasteiger partial charge in [-0.05, 0) is 37.1 Å². The van der Waals surface area contributed by atoms with Crippen LogP contribution in [0.4, 0.5) is 0 Å². The number of amides is 1. The first-order valence-corrected chi connectivity index (χ1v) is 8.71. The molecule has 4 rings (SSSR count). The van der Waals surface area contributed by atoms with E-state index in [-0.39, 0.29) is 19.1 Å². The highest BCUT2D eigenvalue weighted by atomic mass is 16.7. The number of furan rings is 1. The van der Waals surface area contributed by atoms with Crippen LogP contribution in [0.3, 0.4) is 0 Å². The van der Waals surface area contributed by atoms with Gasteiger partial charge in [-0.1, -0.05) is 6.07 Å². The maximum absolute atomic E-state index is 12.0. The first kappa shape index (κ1) is 17.1. The third kappa shape index (κ3) is 3.94. The molecule has 8 nitrogen and oxygen atoms in total. The van der Waals surface area contributed by atoms with Crippen molar-refractivity contribution in [3.8, 4) is 23.0 Å². The molecule has 0 atom stereocenters. The highest BCUT2D eigenvalue weighted by molar-refractivity contribution is 5.76. The van der Waals surface area contributed by atoms with Crippen molar-refractivity contribution in [2.24, 2.45) is 0 Å². The zero-order valence-corrected chi connectivity index (χ0v) is 14.9. The Bertz CT molecular complexity index is 946. The molecule has 0 spiro atoms. The fourth-order valence-electron chi connectivity index (χ4n) is 2.82. The summed E-state index contributed by atoms with van der Waals surface area (Å²) in [5, 5.41) is 10.9. The summed E-state index contributed by atoms with van der Waals surface area (Å²) in [7, 11) is 0. The Morgan fingerprint density at radius 3 is 2.89 bits per heavy atom. The van der Waals surface area contributed by atoms with E-state index in [1.807, 2.05) is 25.1 Å². The van der Waals surface area contributed by atoms with E-state index >= 15 is 0 Å². The molecule has 1 N–H and O–H groups in total. The second-order valence-electron chi connectivity index (χ2n) is 6.18. The predicted molar refractivity (Wildman–Crippen MR) is 94.3 cm³/mol. The van der Waals surface area contributed by atoms with E-state index in [0.29, 0.717) is 36.9 Å². The molecule has 0 saturated carbocycles. The minimum absolute atomic E-state index is 0.0602. The van der Waals surface area contributed by atoms with Gasteiger partial charge in [0.1, 0.15) is 5.76 Å². The van der Waals surface area contributed by atoms with Crippen LogP contribution in [0.15, 0.2) is 39.4 Å². The lowest BCUT2D eigenvalue weighted by atomic mass is 10.1. The fourth-order valence-corrected chi connectivity index (χ4v) is 2.82. The van der Waals surface area contributed by atoms with Crippen molar-refractivity contribution in [2.45, 2.75) is 26.2 Å². The molecule has 0 fully saturated rings. The third-order valence-corrected chi connectivity index (χ3v) is 4.29. The van der Waals surface area contributed by atoms with Crippen molar-refractivity contribution >= 4 is 5.91 Å². The summed E-state index contributed by atoms with van der Waals surface area (Å²) in [4.78, 5) is 12.0. The van der Waals surface area contributed by atoms with E-state index < -0.39 is 0 Å². The largest absolute Gasteiger partial charge is 0.469 e. The van der Waals surface area contributed by atoms with Gasteiger partial charge in [0.25, 0.3) is 5.89 Å². The van der Waals surface area contributed by atoms with Crippen molar-refractivity contribution in [3.63, 3.8) is 0 Å². The molecule has 1 aliphatic heterocycles. The molecule has 0 radical (unpaired) electrons. The van der Waals surface area contributed by atoms with Crippen LogP contribution < -0.4 is 14.8 Å². The Labute approximate surface area is 155 Å². The Hall–Kier alpha value is -3.29. The van der Waals surface area contributed by atoms with Gasteiger partial charge in [-0.3, -0.25) is 4.79 Å². The molecule has 1 amide bonds. The fraction of sp³-hybridized carbons (Fsp3) is 0.316. The number of hydrogen-bond donors (Lipinski definition) is 1. The van der Waals surface area contributed by atoms with Gasteiger partial charge in [0.15, 0.2) is 11.5 Å². The number of nitrogens with one attached hydrogen (secondary N) is 1. The van der Waals surface area contributed by atoms with Crippen LogP contribution in [0.1, 0.15) is 23.6 Å². The summed E-state index contributed by atoms with van der Waals surface area (Å²) in [6.07, 6.45) is 2.96. The molecule has 3 heterocycles. The lowest BCUT2D eigenvalue weighted by Crippen LogP contribution is -2.25. The minimum Gasteiger partial charge on any atom is -0.469 e. The van der Waals surface area contributed by atoms with Crippen molar-refractivity contribution in [1.82, 2.24) is 15.5 Å². The van der Waals surface area contributed by atoms with Gasteiger partial charge in [-0.25, -0.2) is 0 Å². The summed E-state index contributed by atoms with van der Waals surface area (Å²) in [6.45, 7) is 2.63. The molecule has 0 saturated heterocycles. The molecular weight excluding hydrogens is 350 g/mol. The van der Waals surface area contributed by atoms with Crippen LogP contribution in [0.2, 0.25) is 0 Å². The standard InChI is InChI=1S/C19H19N3O5/c1-12-14(7-9-24-12)19-22-21-18(27-19)5-4-17(23)20-8-6-13-2-3-15-16(10-13)26-11-25-15/h2-3,7,9-10H,4-6,8,11H2,1H3,(H,20,23). The summed E-state index contributed by atoms with van der Waals surface area (Å²) < 4.78 is 21.4. The third-order valence-electron chi connectivity index (χ3n) is 4.29. The molecule has 1 aliphatic rings. The van der Waals surface area contributed by atoms with Gasteiger partial charge in [-0.2, -0.15) is 0 Å². The van der Waals surface area contributed by atoms with Crippen LogP contribution in [-0.4, -0.2) is 29.4 Å². The number of benzene rings is 1. The van der Waals surface area contributed by atoms with E-state index in [2.05, 4.69) is 15.5 Å². The van der Waals surface area contributed by atoms with Crippen molar-refractivity contribution in [1.29, 1.82) is 0 Å². The smallest absolute Gasteiger partial charge is 0.251 e. The van der Waals surface area contributed by atoms with Crippen LogP contribution in [-0.2, 0) is 17.6 Å². The topological polar surface area (TPSA) is 99.6 Å². The summed E-state index contributed by atoms with van der Waals surface area (Å²) in [5.74, 6) is 2.99. The van der Waals surface area contributed by atoms with E-state index in [4.69, 9.17) is 18.3 Å². The molecule has 0 bridgehead atoms. The van der Waals surface area contributed by atoms with Crippen LogP contribution >= 0.6 is 0 Å². The highest BCUT2D eigenvalue weighted by Gasteiger charge is 2.15. The second kappa shape index (κ2) is 7.53. The number of ether oxygens (including phenoxy) is 2. The zero-order chi connectivity index (χ0) is 18.6. The number of aryl methyl sites for hydroxylation is 2. The summed E-state index contributed by atoms with van der Waals surface area (Å²) >= 11 is 0. The summed E-state index contributed by atoms with van der Waals surface area (Å²) in [5.41, 5.74) is 1.85. The van der Waals surface area contributed by atoms with Crippen LogP contribution in [0.25, 0.3) is 11.5 Å².